The molecule has 3 aromatic rings. The van der Waals surface area contributed by atoms with E-state index in [1.807, 2.05) is 6.07 Å². The highest BCUT2D eigenvalue weighted by Gasteiger charge is 2.22. The van der Waals surface area contributed by atoms with Gasteiger partial charge in [0.05, 0.1) is 24.0 Å². The molecule has 0 bridgehead atoms. The van der Waals surface area contributed by atoms with Gasteiger partial charge in [0, 0.05) is 5.69 Å². The van der Waals surface area contributed by atoms with Gasteiger partial charge >= 0.3 is 5.97 Å². The number of nitrogens with one attached hydrogen (secondary N) is 2. The Balaban J connectivity index is 1.62. The maximum absolute atomic E-state index is 12.4. The number of carbonyl (C=O) groups excluding carboxylic acids is 2. The smallest absolute Gasteiger partial charge is 0.359 e. The highest BCUT2D eigenvalue weighted by molar-refractivity contribution is 6.33. The zero-order valence-corrected chi connectivity index (χ0v) is 15.6. The highest BCUT2D eigenvalue weighted by atomic mass is 35.5. The number of hydrogen-bond donors (Lipinski definition) is 2. The lowest BCUT2D eigenvalue weighted by atomic mass is 10.3. The number of esters is 1. The minimum atomic E-state index is -1.04. The van der Waals surface area contributed by atoms with Gasteiger partial charge in [0.2, 0.25) is 5.95 Å². The van der Waals surface area contributed by atoms with Gasteiger partial charge in [-0.2, -0.15) is 0 Å². The molecule has 0 aliphatic rings. The third-order valence-electron chi connectivity index (χ3n) is 3.63. The second-order valence-corrected chi connectivity index (χ2v) is 6.13. The zero-order valence-electron chi connectivity index (χ0n) is 14.9. The summed E-state index contributed by atoms with van der Waals surface area (Å²) in [6.45, 7) is 1.79. The molecule has 0 aliphatic carbocycles. The first kappa shape index (κ1) is 19.4. The lowest BCUT2D eigenvalue weighted by molar-refractivity contribution is -0.123. The number of hydrogen-bond acceptors (Lipinski definition) is 7. The van der Waals surface area contributed by atoms with Crippen LogP contribution < -0.4 is 10.6 Å². The number of aromatic nitrogens is 2. The molecule has 0 saturated carbocycles. The van der Waals surface area contributed by atoms with Crippen LogP contribution in [0, 0.1) is 0 Å². The molecule has 0 radical (unpaired) electrons. The zero-order chi connectivity index (χ0) is 19.9. The van der Waals surface area contributed by atoms with Crippen molar-refractivity contribution >= 4 is 35.1 Å². The molecule has 144 valence electrons. The monoisotopic (exact) mass is 400 g/mol. The Morgan fingerprint density at radius 2 is 2.00 bits per heavy atom. The number of rotatable bonds is 7. The molecule has 2 N–H and O–H groups in total. The van der Waals surface area contributed by atoms with Crippen LogP contribution in [0.4, 0.5) is 11.6 Å². The number of nitrogens with zero attached hydrogens (tertiary/aromatic N) is 2. The van der Waals surface area contributed by atoms with E-state index >= 15 is 0 Å². The molecule has 0 aliphatic heterocycles. The van der Waals surface area contributed by atoms with Crippen molar-refractivity contribution in [1.82, 2.24) is 9.97 Å². The van der Waals surface area contributed by atoms with Gasteiger partial charge in [-0.15, -0.1) is 0 Å². The topological polar surface area (TPSA) is 106 Å². The Morgan fingerprint density at radius 1 is 1.21 bits per heavy atom. The van der Waals surface area contributed by atoms with E-state index in [4.69, 9.17) is 20.8 Å². The summed E-state index contributed by atoms with van der Waals surface area (Å²) in [5.74, 6) is -0.451. The third kappa shape index (κ3) is 5.08. The highest BCUT2D eigenvalue weighted by Crippen LogP contribution is 2.17. The van der Waals surface area contributed by atoms with Crippen LogP contribution in [-0.4, -0.2) is 27.9 Å². The molecular weight excluding hydrogens is 384 g/mol. The fraction of sp³-hybridized carbons (Fsp3) is 0.158. The van der Waals surface area contributed by atoms with Crippen molar-refractivity contribution in [2.45, 2.75) is 19.6 Å². The Kier molecular flexibility index (Phi) is 6.23. The van der Waals surface area contributed by atoms with Crippen LogP contribution in [0.25, 0.3) is 0 Å². The van der Waals surface area contributed by atoms with E-state index in [2.05, 4.69) is 20.6 Å². The largest absolute Gasteiger partial charge is 0.467 e. The minimum absolute atomic E-state index is 0.0178. The fourth-order valence-electron chi connectivity index (χ4n) is 2.21. The lowest BCUT2D eigenvalue weighted by Crippen LogP contribution is -2.30. The van der Waals surface area contributed by atoms with Crippen LogP contribution in [0.5, 0.6) is 0 Å². The summed E-state index contributed by atoms with van der Waals surface area (Å²) in [5, 5.41) is 5.59. The van der Waals surface area contributed by atoms with Crippen LogP contribution >= 0.6 is 11.6 Å². The second-order valence-electron chi connectivity index (χ2n) is 5.73. The van der Waals surface area contributed by atoms with Crippen molar-refractivity contribution in [2.24, 2.45) is 0 Å². The van der Waals surface area contributed by atoms with E-state index in [0.29, 0.717) is 18.0 Å². The fourth-order valence-corrected chi connectivity index (χ4v) is 2.38. The molecule has 0 fully saturated rings. The van der Waals surface area contributed by atoms with Gasteiger partial charge in [0.1, 0.15) is 5.76 Å². The summed E-state index contributed by atoms with van der Waals surface area (Å²) in [4.78, 5) is 32.7. The number of amides is 1. The van der Waals surface area contributed by atoms with E-state index in [1.54, 1.807) is 42.7 Å². The summed E-state index contributed by atoms with van der Waals surface area (Å²) >= 11 is 6.01. The van der Waals surface area contributed by atoms with Gasteiger partial charge in [-0.1, -0.05) is 29.8 Å². The van der Waals surface area contributed by atoms with Crippen molar-refractivity contribution in [3.63, 3.8) is 0 Å². The van der Waals surface area contributed by atoms with Crippen LogP contribution in [-0.2, 0) is 16.1 Å². The molecule has 28 heavy (non-hydrogen) atoms. The minimum Gasteiger partial charge on any atom is -0.467 e. The van der Waals surface area contributed by atoms with Crippen molar-refractivity contribution in [1.29, 1.82) is 0 Å². The number of benzene rings is 1. The van der Waals surface area contributed by atoms with Gasteiger partial charge in [-0.25, -0.2) is 14.8 Å². The number of furan rings is 1. The standard InChI is InChI=1S/C19H17ClN4O4/c1-12(17(25)23-13-6-3-2-4-7-13)28-18(26)16-15(20)11-22-19(24-16)21-10-14-8-5-9-27-14/h2-9,11-12H,10H2,1H3,(H,23,25)(H,21,22,24). The Hall–Kier alpha value is -3.39. The van der Waals surface area contributed by atoms with Crippen LogP contribution in [0.3, 0.4) is 0 Å². The lowest BCUT2D eigenvalue weighted by Gasteiger charge is -2.14. The van der Waals surface area contributed by atoms with Crippen LogP contribution in [0.2, 0.25) is 5.02 Å². The van der Waals surface area contributed by atoms with E-state index in [1.165, 1.54) is 13.1 Å². The van der Waals surface area contributed by atoms with Gasteiger partial charge in [0.25, 0.3) is 5.91 Å². The van der Waals surface area contributed by atoms with E-state index in [0.717, 1.165) is 0 Å². The predicted molar refractivity (Wildman–Crippen MR) is 103 cm³/mol. The Morgan fingerprint density at radius 3 is 2.71 bits per heavy atom. The quantitative estimate of drug-likeness (QED) is 0.584. The first-order valence-electron chi connectivity index (χ1n) is 8.38. The predicted octanol–water partition coefficient (Wildman–Crippen LogP) is 3.52. The molecule has 1 atom stereocenters. The normalized spacial score (nSPS) is 11.5. The van der Waals surface area contributed by atoms with Crippen LogP contribution in [0.15, 0.2) is 59.3 Å². The van der Waals surface area contributed by atoms with Crippen molar-refractivity contribution in [2.75, 3.05) is 10.6 Å². The van der Waals surface area contributed by atoms with Crippen LogP contribution in [0.1, 0.15) is 23.2 Å². The Bertz CT molecular complexity index is 948. The molecule has 1 unspecified atom stereocenters. The average molecular weight is 401 g/mol. The third-order valence-corrected chi connectivity index (χ3v) is 3.91. The van der Waals surface area contributed by atoms with Gasteiger partial charge in [-0.3, -0.25) is 4.79 Å². The van der Waals surface area contributed by atoms with Crippen molar-refractivity contribution < 1.29 is 18.7 Å². The maximum Gasteiger partial charge on any atom is 0.359 e. The summed E-state index contributed by atoms with van der Waals surface area (Å²) in [5.41, 5.74) is 0.456. The first-order chi connectivity index (χ1) is 13.5. The molecule has 2 heterocycles. The van der Waals surface area contributed by atoms with Gasteiger partial charge in [-0.05, 0) is 31.2 Å². The number of ether oxygens (including phenoxy) is 1. The molecule has 9 heteroatoms. The SMILES string of the molecule is CC(OC(=O)c1nc(NCc2ccco2)ncc1Cl)C(=O)Nc1ccccc1. The molecule has 8 nitrogen and oxygen atoms in total. The average Bonchev–Trinajstić information content (AvgIpc) is 3.21. The number of anilines is 2. The van der Waals surface area contributed by atoms with E-state index in [9.17, 15) is 9.59 Å². The molecule has 0 spiro atoms. The summed E-state index contributed by atoms with van der Waals surface area (Å²) in [6, 6.07) is 12.4. The maximum atomic E-state index is 12.4. The number of para-hydroxylation sites is 1. The summed E-state index contributed by atoms with van der Waals surface area (Å²) in [7, 11) is 0. The molecular formula is C19H17ClN4O4. The summed E-state index contributed by atoms with van der Waals surface area (Å²) < 4.78 is 10.4. The van der Waals surface area contributed by atoms with E-state index < -0.39 is 18.0 Å². The Labute approximate surface area is 165 Å². The second kappa shape index (κ2) is 9.01. The van der Waals surface area contributed by atoms with Gasteiger partial charge in [0.15, 0.2) is 11.8 Å². The number of halogens is 1. The van der Waals surface area contributed by atoms with Gasteiger partial charge < -0.3 is 19.8 Å². The molecule has 1 amide bonds. The molecule has 0 saturated heterocycles. The summed E-state index contributed by atoms with van der Waals surface area (Å²) in [6.07, 6.45) is 1.78. The van der Waals surface area contributed by atoms with E-state index in [-0.39, 0.29) is 16.7 Å². The van der Waals surface area contributed by atoms with Crippen molar-refractivity contribution in [3.8, 4) is 0 Å². The molecule has 2 aromatic heterocycles. The number of carbonyl (C=O) groups is 2. The molecule has 3 rings (SSSR count). The van der Waals surface area contributed by atoms with Crippen molar-refractivity contribution in [3.05, 3.63) is 71.4 Å². The first-order valence-corrected chi connectivity index (χ1v) is 8.76. The molecule has 1 aromatic carbocycles.